The largest absolute Gasteiger partial charge is 0.459 e. The molecule has 1 heterocycles. The first-order valence-electron chi connectivity index (χ1n) is 5.74. The number of hydrogen-bond donors (Lipinski definition) is 1. The van der Waals surface area contributed by atoms with Crippen molar-refractivity contribution in [1.29, 1.82) is 0 Å². The molecule has 0 saturated carbocycles. The molecule has 3 nitrogen and oxygen atoms in total. The Morgan fingerprint density at radius 2 is 2.11 bits per heavy atom. The minimum absolute atomic E-state index is 0.249. The molecule has 0 radical (unpaired) electrons. The van der Waals surface area contributed by atoms with Gasteiger partial charge in [0.15, 0.2) is 5.76 Å². The fourth-order valence-corrected chi connectivity index (χ4v) is 1.70. The lowest BCUT2D eigenvalue weighted by atomic mass is 10.1. The summed E-state index contributed by atoms with van der Waals surface area (Å²) in [7, 11) is 0. The summed E-state index contributed by atoms with van der Waals surface area (Å²) in [4.78, 5) is 11.7. The number of carbonyl (C=O) groups is 1. The minimum atomic E-state index is -0.270. The first kappa shape index (κ1) is 12.4. The molecule has 1 aromatic heterocycles. The van der Waals surface area contributed by atoms with E-state index < -0.39 is 0 Å². The average molecular weight is 247 g/mol. The van der Waals surface area contributed by atoms with Gasteiger partial charge in [0.05, 0.1) is 6.26 Å². The summed E-state index contributed by atoms with van der Waals surface area (Å²) in [6, 6.07) is 8.26. The van der Waals surface area contributed by atoms with Gasteiger partial charge in [-0.3, -0.25) is 4.79 Å². The highest BCUT2D eigenvalue weighted by atomic mass is 19.1. The zero-order valence-electron chi connectivity index (χ0n) is 10.1. The van der Waals surface area contributed by atoms with Gasteiger partial charge in [-0.15, -0.1) is 0 Å². The van der Waals surface area contributed by atoms with Crippen LogP contribution in [0.25, 0.3) is 0 Å². The lowest BCUT2D eigenvalue weighted by molar-refractivity contribution is 0.0925. The van der Waals surface area contributed by atoms with Gasteiger partial charge >= 0.3 is 0 Å². The number of rotatable bonds is 4. The highest BCUT2D eigenvalue weighted by molar-refractivity contribution is 5.92. The van der Waals surface area contributed by atoms with E-state index in [0.29, 0.717) is 24.3 Å². The maximum atomic E-state index is 13.3. The minimum Gasteiger partial charge on any atom is -0.459 e. The van der Waals surface area contributed by atoms with Crippen LogP contribution in [0.4, 0.5) is 4.39 Å². The number of hydrogen-bond acceptors (Lipinski definition) is 2. The second kappa shape index (κ2) is 5.49. The fraction of sp³-hybridized carbons (Fsp3) is 0.214. The second-order valence-electron chi connectivity index (χ2n) is 4.03. The van der Waals surface area contributed by atoms with Gasteiger partial charge in [0, 0.05) is 12.1 Å². The summed E-state index contributed by atoms with van der Waals surface area (Å²) in [6.07, 6.45) is 1.93. The van der Waals surface area contributed by atoms with Crippen LogP contribution in [0.15, 0.2) is 41.0 Å². The standard InChI is InChI=1S/C14H14FNO2/c1-10-7-9-18-13(10)14(17)16-8-6-11-4-2-3-5-12(11)15/h2-5,7,9H,6,8H2,1H3,(H,16,17). The molecular formula is C14H14FNO2. The van der Waals surface area contributed by atoms with Gasteiger partial charge in [-0.05, 0) is 31.0 Å². The zero-order chi connectivity index (χ0) is 13.0. The number of halogens is 1. The van der Waals surface area contributed by atoms with Crippen molar-refractivity contribution in [3.05, 3.63) is 59.3 Å². The first-order chi connectivity index (χ1) is 8.68. The molecule has 2 rings (SSSR count). The Morgan fingerprint density at radius 3 is 2.78 bits per heavy atom. The number of aryl methyl sites for hydroxylation is 1. The third-order valence-electron chi connectivity index (χ3n) is 2.71. The molecule has 0 bridgehead atoms. The topological polar surface area (TPSA) is 42.2 Å². The van der Waals surface area contributed by atoms with E-state index >= 15 is 0 Å². The van der Waals surface area contributed by atoms with E-state index in [-0.39, 0.29) is 11.7 Å². The molecule has 0 saturated heterocycles. The van der Waals surface area contributed by atoms with Crippen LogP contribution in [0.5, 0.6) is 0 Å². The average Bonchev–Trinajstić information content (AvgIpc) is 2.78. The number of carbonyl (C=O) groups excluding carboxylic acids is 1. The Morgan fingerprint density at radius 1 is 1.33 bits per heavy atom. The Balaban J connectivity index is 1.88. The van der Waals surface area contributed by atoms with E-state index in [1.54, 1.807) is 31.2 Å². The predicted octanol–water partition coefficient (Wildman–Crippen LogP) is 2.70. The van der Waals surface area contributed by atoms with E-state index in [0.717, 1.165) is 5.56 Å². The number of nitrogens with one attached hydrogen (secondary N) is 1. The van der Waals surface area contributed by atoms with Crippen molar-refractivity contribution in [3.63, 3.8) is 0 Å². The highest BCUT2D eigenvalue weighted by Crippen LogP contribution is 2.09. The lowest BCUT2D eigenvalue weighted by Gasteiger charge is -2.05. The van der Waals surface area contributed by atoms with Gasteiger partial charge in [0.25, 0.3) is 5.91 Å². The van der Waals surface area contributed by atoms with E-state index in [9.17, 15) is 9.18 Å². The monoisotopic (exact) mass is 247 g/mol. The summed E-state index contributed by atoms with van der Waals surface area (Å²) in [6.45, 7) is 2.18. The molecule has 0 aliphatic carbocycles. The number of furan rings is 1. The van der Waals surface area contributed by atoms with E-state index in [1.165, 1.54) is 12.3 Å². The molecule has 0 spiro atoms. The van der Waals surface area contributed by atoms with Crippen LogP contribution in [0.3, 0.4) is 0 Å². The normalized spacial score (nSPS) is 10.3. The molecule has 1 aromatic carbocycles. The Bertz CT molecular complexity index is 548. The van der Waals surface area contributed by atoms with Crippen LogP contribution in [0, 0.1) is 12.7 Å². The van der Waals surface area contributed by atoms with Crippen LogP contribution in [-0.2, 0) is 6.42 Å². The van der Waals surface area contributed by atoms with Crippen molar-refractivity contribution in [2.75, 3.05) is 6.54 Å². The third-order valence-corrected chi connectivity index (χ3v) is 2.71. The second-order valence-corrected chi connectivity index (χ2v) is 4.03. The molecule has 0 aliphatic rings. The quantitative estimate of drug-likeness (QED) is 0.902. The van der Waals surface area contributed by atoms with Crippen LogP contribution < -0.4 is 5.32 Å². The van der Waals surface area contributed by atoms with E-state index in [4.69, 9.17) is 4.42 Å². The fourth-order valence-electron chi connectivity index (χ4n) is 1.70. The molecule has 0 atom stereocenters. The van der Waals surface area contributed by atoms with Crippen molar-refractivity contribution in [1.82, 2.24) is 5.32 Å². The van der Waals surface area contributed by atoms with E-state index in [2.05, 4.69) is 5.32 Å². The van der Waals surface area contributed by atoms with Crippen molar-refractivity contribution in [2.24, 2.45) is 0 Å². The van der Waals surface area contributed by atoms with Crippen molar-refractivity contribution in [3.8, 4) is 0 Å². The van der Waals surface area contributed by atoms with Gasteiger partial charge in [-0.1, -0.05) is 18.2 Å². The van der Waals surface area contributed by atoms with Gasteiger partial charge in [0.2, 0.25) is 0 Å². The molecule has 1 amide bonds. The summed E-state index contributed by atoms with van der Waals surface area (Å²) in [5.74, 6) is -0.210. The van der Waals surface area contributed by atoms with Crippen LogP contribution in [0.2, 0.25) is 0 Å². The van der Waals surface area contributed by atoms with Gasteiger partial charge < -0.3 is 9.73 Å². The highest BCUT2D eigenvalue weighted by Gasteiger charge is 2.11. The molecule has 0 unspecified atom stereocenters. The Hall–Kier alpha value is -2.10. The third kappa shape index (κ3) is 2.77. The van der Waals surface area contributed by atoms with Gasteiger partial charge in [-0.2, -0.15) is 0 Å². The Labute approximate surface area is 105 Å². The molecule has 0 aliphatic heterocycles. The molecule has 94 valence electrons. The molecule has 0 fully saturated rings. The summed E-state index contributed by atoms with van der Waals surface area (Å²) in [5, 5.41) is 2.70. The number of amides is 1. The van der Waals surface area contributed by atoms with Crippen molar-refractivity contribution >= 4 is 5.91 Å². The number of benzene rings is 1. The van der Waals surface area contributed by atoms with Crippen molar-refractivity contribution in [2.45, 2.75) is 13.3 Å². The molecule has 18 heavy (non-hydrogen) atoms. The van der Waals surface area contributed by atoms with Crippen LogP contribution in [-0.4, -0.2) is 12.5 Å². The lowest BCUT2D eigenvalue weighted by Crippen LogP contribution is -2.26. The zero-order valence-corrected chi connectivity index (χ0v) is 10.1. The Kier molecular flexibility index (Phi) is 3.77. The van der Waals surface area contributed by atoms with E-state index in [1.807, 2.05) is 0 Å². The SMILES string of the molecule is Cc1ccoc1C(=O)NCCc1ccccc1F. The van der Waals surface area contributed by atoms with Crippen LogP contribution >= 0.6 is 0 Å². The first-order valence-corrected chi connectivity index (χ1v) is 5.74. The maximum absolute atomic E-state index is 13.3. The van der Waals surface area contributed by atoms with Gasteiger partial charge in [-0.25, -0.2) is 4.39 Å². The molecule has 4 heteroatoms. The molecular weight excluding hydrogens is 233 g/mol. The predicted molar refractivity (Wildman–Crippen MR) is 65.9 cm³/mol. The maximum Gasteiger partial charge on any atom is 0.287 e. The summed E-state index contributed by atoms with van der Waals surface area (Å²) >= 11 is 0. The van der Waals surface area contributed by atoms with Gasteiger partial charge in [0.1, 0.15) is 5.82 Å². The molecule has 2 aromatic rings. The summed E-state index contributed by atoms with van der Waals surface area (Å²) in [5.41, 5.74) is 1.38. The smallest absolute Gasteiger partial charge is 0.287 e. The summed E-state index contributed by atoms with van der Waals surface area (Å²) < 4.78 is 18.4. The van der Waals surface area contributed by atoms with Crippen LogP contribution in [0.1, 0.15) is 21.7 Å². The molecule has 1 N–H and O–H groups in total. The van der Waals surface area contributed by atoms with Crippen molar-refractivity contribution < 1.29 is 13.6 Å².